The molecule has 0 aromatic carbocycles. The van der Waals surface area contributed by atoms with Crippen LogP contribution < -0.4 is 0 Å². The summed E-state index contributed by atoms with van der Waals surface area (Å²) in [6, 6.07) is 0. The molecule has 0 aromatic rings. The number of ether oxygens (including phenoxy) is 2. The number of unbranched alkanes of at least 4 members (excludes halogenated alkanes) is 3. The summed E-state index contributed by atoms with van der Waals surface area (Å²) in [6.07, 6.45) is 10.9. The second-order valence-electron chi connectivity index (χ2n) is 7.50. The van der Waals surface area contributed by atoms with E-state index in [1.54, 1.807) is 0 Å². The van der Waals surface area contributed by atoms with Crippen LogP contribution in [0.2, 0.25) is 0 Å². The molecule has 22 heavy (non-hydrogen) atoms. The van der Waals surface area contributed by atoms with Crippen molar-refractivity contribution < 1.29 is 13.7 Å². The molecule has 2 aliphatic rings. The highest BCUT2D eigenvalue weighted by molar-refractivity contribution is 7.85. The predicted molar refractivity (Wildman–Crippen MR) is 91.4 cm³/mol. The highest BCUT2D eigenvalue weighted by Gasteiger charge is 2.41. The first-order valence-corrected chi connectivity index (χ1v) is 9.74. The second kappa shape index (κ2) is 8.02. The summed E-state index contributed by atoms with van der Waals surface area (Å²) >= 11 is 0. The minimum absolute atomic E-state index is 0.261. The first-order chi connectivity index (χ1) is 10.4. The standard InChI is InChI=1S/C17H31NO3S/c1-16(2,3)22(19)18-11-7-5-4-6-10-17(14-15-8-9-15)20-12-13-21-17/h11,15H,4-10,12-14H2,1-3H3/b18-11+/t22-/m1/s1. The third kappa shape index (κ3) is 6.09. The molecule has 128 valence electrons. The van der Waals surface area contributed by atoms with Gasteiger partial charge in [-0.3, -0.25) is 0 Å². The van der Waals surface area contributed by atoms with E-state index in [4.69, 9.17) is 9.47 Å². The van der Waals surface area contributed by atoms with Gasteiger partial charge in [-0.25, -0.2) is 4.21 Å². The average molecular weight is 330 g/mol. The van der Waals surface area contributed by atoms with Crippen molar-refractivity contribution in [2.75, 3.05) is 13.2 Å². The van der Waals surface area contributed by atoms with Gasteiger partial charge in [0.2, 0.25) is 0 Å². The monoisotopic (exact) mass is 329 g/mol. The summed E-state index contributed by atoms with van der Waals surface area (Å²) in [5.74, 6) is 0.556. The topological polar surface area (TPSA) is 47.9 Å². The van der Waals surface area contributed by atoms with Crippen molar-refractivity contribution in [2.45, 2.75) is 82.7 Å². The Kier molecular flexibility index (Phi) is 6.59. The molecule has 0 amide bonds. The van der Waals surface area contributed by atoms with E-state index in [2.05, 4.69) is 4.40 Å². The quantitative estimate of drug-likeness (QED) is 0.474. The van der Waals surface area contributed by atoms with Crippen LogP contribution in [0.25, 0.3) is 0 Å². The van der Waals surface area contributed by atoms with Gasteiger partial charge in [-0.2, -0.15) is 4.40 Å². The van der Waals surface area contributed by atoms with Crippen LogP contribution in [-0.4, -0.2) is 34.2 Å². The molecule has 0 bridgehead atoms. The minimum atomic E-state index is -1.12. The highest BCUT2D eigenvalue weighted by atomic mass is 32.2. The molecule has 1 atom stereocenters. The third-order valence-electron chi connectivity index (χ3n) is 4.20. The van der Waals surface area contributed by atoms with E-state index in [1.807, 2.05) is 27.0 Å². The van der Waals surface area contributed by atoms with Gasteiger partial charge in [0.15, 0.2) is 5.79 Å². The average Bonchev–Trinajstić information content (AvgIpc) is 3.13. The Balaban J connectivity index is 1.58. The summed E-state index contributed by atoms with van der Waals surface area (Å²) in [5.41, 5.74) is 0. The van der Waals surface area contributed by atoms with Crippen LogP contribution in [0.1, 0.15) is 72.1 Å². The van der Waals surface area contributed by atoms with Crippen molar-refractivity contribution >= 4 is 17.2 Å². The Morgan fingerprint density at radius 2 is 1.86 bits per heavy atom. The molecule has 0 radical (unpaired) electrons. The van der Waals surface area contributed by atoms with Gasteiger partial charge >= 0.3 is 0 Å². The molecule has 0 spiro atoms. The SMILES string of the molecule is CC(C)(C)[S@@](=O)/N=C/CCCCCC1(CC2CC2)OCCO1. The molecule has 1 saturated heterocycles. The first-order valence-electron chi connectivity index (χ1n) is 8.64. The second-order valence-corrected chi connectivity index (χ2v) is 9.44. The lowest BCUT2D eigenvalue weighted by atomic mass is 10.0. The van der Waals surface area contributed by atoms with Gasteiger partial charge in [0.05, 0.1) is 18.0 Å². The van der Waals surface area contributed by atoms with Gasteiger partial charge in [0.1, 0.15) is 11.0 Å². The molecule has 2 rings (SSSR count). The molecule has 0 unspecified atom stereocenters. The lowest BCUT2D eigenvalue weighted by Crippen LogP contribution is -2.30. The zero-order valence-electron chi connectivity index (χ0n) is 14.3. The number of rotatable bonds is 9. The number of nitrogens with zero attached hydrogens (tertiary/aromatic N) is 1. The van der Waals surface area contributed by atoms with Crippen LogP contribution >= 0.6 is 0 Å². The van der Waals surface area contributed by atoms with Crippen LogP contribution in [0.5, 0.6) is 0 Å². The maximum Gasteiger partial charge on any atom is 0.168 e. The fraction of sp³-hybridized carbons (Fsp3) is 0.941. The van der Waals surface area contributed by atoms with E-state index in [0.29, 0.717) is 0 Å². The van der Waals surface area contributed by atoms with Crippen LogP contribution in [0, 0.1) is 5.92 Å². The molecule has 0 N–H and O–H groups in total. The van der Waals surface area contributed by atoms with E-state index < -0.39 is 11.0 Å². The minimum Gasteiger partial charge on any atom is -0.348 e. The Morgan fingerprint density at radius 3 is 2.45 bits per heavy atom. The summed E-state index contributed by atoms with van der Waals surface area (Å²) in [7, 11) is -1.12. The van der Waals surface area contributed by atoms with E-state index in [9.17, 15) is 4.21 Å². The van der Waals surface area contributed by atoms with Crippen LogP contribution in [0.4, 0.5) is 0 Å². The van der Waals surface area contributed by atoms with Crippen LogP contribution in [0.15, 0.2) is 4.40 Å². The van der Waals surface area contributed by atoms with E-state index in [0.717, 1.165) is 57.7 Å². The largest absolute Gasteiger partial charge is 0.348 e. The number of hydrogen-bond donors (Lipinski definition) is 0. The van der Waals surface area contributed by atoms with Gasteiger partial charge in [-0.15, -0.1) is 0 Å². The molecule has 2 fully saturated rings. The molecular formula is C17H31NO3S. The summed E-state index contributed by atoms with van der Waals surface area (Å²) < 4.78 is 27.4. The maximum absolute atomic E-state index is 11.8. The van der Waals surface area contributed by atoms with E-state index in [1.165, 1.54) is 12.8 Å². The molecule has 1 aliphatic heterocycles. The Labute approximate surface area is 137 Å². The fourth-order valence-corrected chi connectivity index (χ4v) is 3.27. The zero-order valence-corrected chi connectivity index (χ0v) is 15.1. The van der Waals surface area contributed by atoms with E-state index in [-0.39, 0.29) is 10.5 Å². The van der Waals surface area contributed by atoms with Gasteiger partial charge in [0.25, 0.3) is 0 Å². The lowest BCUT2D eigenvalue weighted by molar-refractivity contribution is -0.170. The van der Waals surface area contributed by atoms with Crippen molar-refractivity contribution in [1.82, 2.24) is 0 Å². The molecule has 1 saturated carbocycles. The van der Waals surface area contributed by atoms with Gasteiger partial charge in [-0.05, 0) is 58.8 Å². The van der Waals surface area contributed by atoms with Crippen LogP contribution in [-0.2, 0) is 20.5 Å². The maximum atomic E-state index is 11.8. The fourth-order valence-electron chi connectivity index (χ4n) is 2.71. The molecule has 1 heterocycles. The first kappa shape index (κ1) is 18.1. The molecular weight excluding hydrogens is 298 g/mol. The normalized spacial score (nSPS) is 23.2. The van der Waals surface area contributed by atoms with Crippen molar-refractivity contribution in [1.29, 1.82) is 0 Å². The van der Waals surface area contributed by atoms with Crippen molar-refractivity contribution in [3.05, 3.63) is 0 Å². The van der Waals surface area contributed by atoms with Crippen molar-refractivity contribution in [3.8, 4) is 0 Å². The zero-order chi connectivity index (χ0) is 16.1. The van der Waals surface area contributed by atoms with Crippen molar-refractivity contribution in [2.24, 2.45) is 10.3 Å². The van der Waals surface area contributed by atoms with E-state index >= 15 is 0 Å². The predicted octanol–water partition coefficient (Wildman–Crippen LogP) is 4.01. The smallest absolute Gasteiger partial charge is 0.168 e. The summed E-state index contributed by atoms with van der Waals surface area (Å²) in [4.78, 5) is 0. The van der Waals surface area contributed by atoms with Gasteiger partial charge in [0, 0.05) is 19.1 Å². The third-order valence-corrected chi connectivity index (χ3v) is 5.58. The molecule has 1 aliphatic carbocycles. The summed E-state index contributed by atoms with van der Waals surface area (Å²) in [6.45, 7) is 7.33. The van der Waals surface area contributed by atoms with Crippen molar-refractivity contribution in [3.63, 3.8) is 0 Å². The Bertz CT molecular complexity index is 393. The Hall–Kier alpha value is -0.260. The highest BCUT2D eigenvalue weighted by Crippen LogP contribution is 2.42. The van der Waals surface area contributed by atoms with Gasteiger partial charge < -0.3 is 9.47 Å². The van der Waals surface area contributed by atoms with Crippen LogP contribution in [0.3, 0.4) is 0 Å². The molecule has 0 aromatic heterocycles. The molecule has 5 heteroatoms. The summed E-state index contributed by atoms with van der Waals surface area (Å²) in [5, 5.41) is 0. The number of hydrogen-bond acceptors (Lipinski definition) is 3. The lowest BCUT2D eigenvalue weighted by Gasteiger charge is -2.27. The van der Waals surface area contributed by atoms with Gasteiger partial charge in [-0.1, -0.05) is 6.42 Å². The molecule has 4 nitrogen and oxygen atoms in total. The Morgan fingerprint density at radius 1 is 1.18 bits per heavy atom.